The summed E-state index contributed by atoms with van der Waals surface area (Å²) >= 11 is 0. The number of allylic oxidation sites excluding steroid dienone is 22. The van der Waals surface area contributed by atoms with E-state index < -0.39 is 26.5 Å². The fourth-order valence-electron chi connectivity index (χ4n) is 8.72. The third kappa shape index (κ3) is 65.2. The van der Waals surface area contributed by atoms with Crippen LogP contribution in [-0.2, 0) is 32.7 Å². The summed E-state index contributed by atoms with van der Waals surface area (Å²) < 4.78 is 33.1. The van der Waals surface area contributed by atoms with E-state index in [2.05, 4.69) is 148 Å². The molecule has 0 aromatic carbocycles. The van der Waals surface area contributed by atoms with Crippen LogP contribution in [0.25, 0.3) is 0 Å². The summed E-state index contributed by atoms with van der Waals surface area (Å²) in [4.78, 5) is 35.3. The van der Waals surface area contributed by atoms with Crippen molar-refractivity contribution < 1.29 is 37.6 Å². The molecule has 462 valence electrons. The van der Waals surface area contributed by atoms with Crippen molar-refractivity contribution in [3.05, 3.63) is 134 Å². The van der Waals surface area contributed by atoms with Gasteiger partial charge in [-0.05, 0) is 116 Å². The molecule has 0 spiro atoms. The predicted octanol–water partition coefficient (Wildman–Crippen LogP) is 21.3. The van der Waals surface area contributed by atoms with Gasteiger partial charge in [0.2, 0.25) is 0 Å². The van der Waals surface area contributed by atoms with E-state index in [9.17, 15) is 19.0 Å². The first kappa shape index (κ1) is 77.2. The van der Waals surface area contributed by atoms with Gasteiger partial charge < -0.3 is 20.1 Å². The number of phosphoric ester groups is 1. The number of esters is 2. The van der Waals surface area contributed by atoms with Crippen molar-refractivity contribution in [2.75, 3.05) is 26.4 Å². The van der Waals surface area contributed by atoms with Gasteiger partial charge in [-0.3, -0.25) is 18.6 Å². The zero-order valence-electron chi connectivity index (χ0n) is 51.7. The number of phosphoric acid groups is 1. The second-order valence-electron chi connectivity index (χ2n) is 21.2. The first-order chi connectivity index (χ1) is 39.8. The van der Waals surface area contributed by atoms with Gasteiger partial charge in [-0.2, -0.15) is 0 Å². The van der Waals surface area contributed by atoms with Crippen LogP contribution in [0.5, 0.6) is 0 Å². The Balaban J connectivity index is 4.00. The SMILES string of the molecule is CC/C=C\C/C=C\C/C=C\C/C=C\C/C=C\C/C=C\C/C=C\C/C=C\CCCCCCCCCCC(=O)OC(COC(=O)CCCCCCCCCCCCCC/C=C\C/C=C\C/C=C\CCCCCCC)COP(=O)(O)OCCN. The summed E-state index contributed by atoms with van der Waals surface area (Å²) in [6.45, 7) is 3.61. The van der Waals surface area contributed by atoms with Crippen LogP contribution in [0.1, 0.15) is 271 Å². The molecule has 0 amide bonds. The Kier molecular flexibility index (Phi) is 62.2. The highest BCUT2D eigenvalue weighted by molar-refractivity contribution is 7.47. The van der Waals surface area contributed by atoms with E-state index in [0.717, 1.165) is 109 Å². The third-order valence-electron chi connectivity index (χ3n) is 13.5. The van der Waals surface area contributed by atoms with Gasteiger partial charge in [0.05, 0.1) is 13.2 Å². The van der Waals surface area contributed by atoms with Gasteiger partial charge in [-0.15, -0.1) is 0 Å². The molecule has 0 aliphatic carbocycles. The molecule has 0 fully saturated rings. The average Bonchev–Trinajstić information content (AvgIpc) is 3.46. The number of rotatable bonds is 60. The van der Waals surface area contributed by atoms with E-state index in [1.807, 2.05) is 0 Å². The maximum absolute atomic E-state index is 12.7. The highest BCUT2D eigenvalue weighted by atomic mass is 31.2. The Hall–Kier alpha value is -3.85. The summed E-state index contributed by atoms with van der Waals surface area (Å²) in [5, 5.41) is 0. The zero-order chi connectivity index (χ0) is 58.7. The molecule has 0 radical (unpaired) electrons. The highest BCUT2D eigenvalue weighted by Crippen LogP contribution is 2.43. The first-order valence-corrected chi connectivity index (χ1v) is 34.2. The number of carbonyl (C=O) groups excluding carboxylic acids is 2. The average molecular weight is 1150 g/mol. The Morgan fingerprint density at radius 2 is 0.679 bits per heavy atom. The normalized spacial score (nSPS) is 13.9. The topological polar surface area (TPSA) is 134 Å². The monoisotopic (exact) mass is 1150 g/mol. The smallest absolute Gasteiger partial charge is 0.462 e. The molecule has 0 saturated heterocycles. The number of unbranched alkanes of at least 4 members (excludes halogenated alkanes) is 25. The van der Waals surface area contributed by atoms with Crippen molar-refractivity contribution >= 4 is 19.8 Å². The van der Waals surface area contributed by atoms with Crippen LogP contribution in [0, 0.1) is 0 Å². The van der Waals surface area contributed by atoms with Crippen molar-refractivity contribution in [2.24, 2.45) is 5.73 Å². The molecule has 0 saturated carbocycles. The van der Waals surface area contributed by atoms with Crippen molar-refractivity contribution in [1.82, 2.24) is 0 Å². The fraction of sp³-hybridized carbons (Fsp3) is 0.662. The number of carbonyl (C=O) groups is 2. The lowest BCUT2D eigenvalue weighted by atomic mass is 10.0. The zero-order valence-corrected chi connectivity index (χ0v) is 52.6. The predicted molar refractivity (Wildman–Crippen MR) is 348 cm³/mol. The van der Waals surface area contributed by atoms with Crippen LogP contribution in [0.2, 0.25) is 0 Å². The summed E-state index contributed by atoms with van der Waals surface area (Å²) in [6.07, 6.45) is 92.3. The number of hydrogen-bond acceptors (Lipinski definition) is 8. The van der Waals surface area contributed by atoms with Crippen molar-refractivity contribution in [2.45, 2.75) is 277 Å². The molecule has 0 aliphatic heterocycles. The number of ether oxygens (including phenoxy) is 2. The van der Waals surface area contributed by atoms with E-state index in [1.165, 1.54) is 128 Å². The summed E-state index contributed by atoms with van der Waals surface area (Å²) in [5.74, 6) is -0.843. The van der Waals surface area contributed by atoms with E-state index in [4.69, 9.17) is 24.3 Å². The summed E-state index contributed by atoms with van der Waals surface area (Å²) in [7, 11) is -4.40. The molecule has 10 heteroatoms. The van der Waals surface area contributed by atoms with E-state index in [-0.39, 0.29) is 38.6 Å². The molecule has 0 heterocycles. The van der Waals surface area contributed by atoms with Gasteiger partial charge in [0, 0.05) is 19.4 Å². The van der Waals surface area contributed by atoms with E-state index in [1.54, 1.807) is 0 Å². The van der Waals surface area contributed by atoms with Crippen LogP contribution in [0.4, 0.5) is 0 Å². The van der Waals surface area contributed by atoms with Gasteiger partial charge in [-0.1, -0.05) is 276 Å². The Bertz CT molecular complexity index is 1790. The second-order valence-corrected chi connectivity index (χ2v) is 22.7. The standard InChI is InChI=1S/C71H120NO8P/c1-3-5-7-9-11-13-15-17-19-21-23-25-27-29-31-32-33-34-35-36-38-40-42-44-46-48-50-52-54-56-58-60-62-64-71(74)80-69(68-79-81(75,76)78-66-65-72)67-77-70(73)63-61-59-57-55-53-51-49-47-45-43-41-39-37-30-28-26-24-22-20-18-16-14-12-10-8-6-4-2/h5,7,11,13,16-19,22-25,28-31,33-34,36,38,42,44,69H,3-4,6,8-10,12,14-15,20-21,26-27,32,35,37,39-41,43,45-68,72H2,1-2H3,(H,75,76)/b7-5-,13-11-,18-16-,19-17-,24-22-,25-23-,30-28-,31-29-,34-33-,38-36-,44-42-. The maximum Gasteiger partial charge on any atom is 0.472 e. The molecule has 3 N–H and O–H groups in total. The lowest BCUT2D eigenvalue weighted by Crippen LogP contribution is -2.29. The Morgan fingerprint density at radius 1 is 0.383 bits per heavy atom. The number of hydrogen-bond donors (Lipinski definition) is 2. The van der Waals surface area contributed by atoms with Gasteiger partial charge in [0.15, 0.2) is 6.10 Å². The summed E-state index contributed by atoms with van der Waals surface area (Å²) in [5.41, 5.74) is 5.39. The second kappa shape index (κ2) is 65.3. The van der Waals surface area contributed by atoms with Crippen molar-refractivity contribution in [3.8, 4) is 0 Å². The van der Waals surface area contributed by atoms with Gasteiger partial charge in [0.25, 0.3) is 0 Å². The molecule has 0 aromatic heterocycles. The molecule has 0 aliphatic rings. The fourth-order valence-corrected chi connectivity index (χ4v) is 9.48. The van der Waals surface area contributed by atoms with Gasteiger partial charge in [0.1, 0.15) is 6.61 Å². The van der Waals surface area contributed by atoms with Crippen LogP contribution in [0.15, 0.2) is 134 Å². The van der Waals surface area contributed by atoms with Crippen molar-refractivity contribution in [3.63, 3.8) is 0 Å². The van der Waals surface area contributed by atoms with Crippen LogP contribution in [0.3, 0.4) is 0 Å². The van der Waals surface area contributed by atoms with Crippen LogP contribution >= 0.6 is 7.82 Å². The molecule has 0 aromatic rings. The lowest BCUT2D eigenvalue weighted by Gasteiger charge is -2.19. The first-order valence-electron chi connectivity index (χ1n) is 32.7. The minimum absolute atomic E-state index is 0.0453. The minimum Gasteiger partial charge on any atom is -0.462 e. The van der Waals surface area contributed by atoms with Crippen molar-refractivity contribution in [1.29, 1.82) is 0 Å². The van der Waals surface area contributed by atoms with E-state index in [0.29, 0.717) is 6.42 Å². The molecule has 2 atom stereocenters. The van der Waals surface area contributed by atoms with Crippen LogP contribution in [-0.4, -0.2) is 49.3 Å². The van der Waals surface area contributed by atoms with Gasteiger partial charge >= 0.3 is 19.8 Å². The highest BCUT2D eigenvalue weighted by Gasteiger charge is 2.26. The van der Waals surface area contributed by atoms with E-state index >= 15 is 0 Å². The van der Waals surface area contributed by atoms with Gasteiger partial charge in [-0.25, -0.2) is 4.57 Å². The molecule has 81 heavy (non-hydrogen) atoms. The van der Waals surface area contributed by atoms with Crippen LogP contribution < -0.4 is 5.73 Å². The number of nitrogens with two attached hydrogens (primary N) is 1. The molecule has 0 rings (SSSR count). The molecular weight excluding hydrogens is 1030 g/mol. The third-order valence-corrected chi connectivity index (χ3v) is 14.5. The maximum atomic E-state index is 12.7. The quantitative estimate of drug-likeness (QED) is 0.0264. The summed E-state index contributed by atoms with van der Waals surface area (Å²) in [6, 6.07) is 0. The lowest BCUT2D eigenvalue weighted by molar-refractivity contribution is -0.161. The molecular formula is C71H120NO8P. The molecule has 9 nitrogen and oxygen atoms in total. The largest absolute Gasteiger partial charge is 0.472 e. The molecule has 0 bridgehead atoms. The molecule has 2 unspecified atom stereocenters. The Morgan fingerprint density at radius 3 is 1.01 bits per heavy atom. The Labute approximate surface area is 497 Å². The minimum atomic E-state index is -4.40.